The van der Waals surface area contributed by atoms with Crippen molar-refractivity contribution in [2.45, 2.75) is 18.8 Å². The molecule has 21 heavy (non-hydrogen) atoms. The molecule has 0 radical (unpaired) electrons. The van der Waals surface area contributed by atoms with Gasteiger partial charge in [0.15, 0.2) is 0 Å². The average molecular weight is 349 g/mol. The zero-order valence-electron chi connectivity index (χ0n) is 12.0. The Labute approximate surface area is 132 Å². The lowest BCUT2D eigenvalue weighted by Gasteiger charge is -2.20. The van der Waals surface area contributed by atoms with E-state index in [1.165, 1.54) is 11.1 Å². The van der Waals surface area contributed by atoms with Crippen LogP contribution < -0.4 is 4.90 Å². The molecule has 0 spiro atoms. The third kappa shape index (κ3) is 3.82. The van der Waals surface area contributed by atoms with Crippen LogP contribution in [0.4, 0.5) is 11.4 Å². The number of hydrogen-bond acceptors (Lipinski definition) is 3. The zero-order chi connectivity index (χ0) is 15.4. The Hall–Kier alpha value is -1.88. The summed E-state index contributed by atoms with van der Waals surface area (Å²) in [5, 5.41) is 11.4. The van der Waals surface area contributed by atoms with Gasteiger partial charge in [-0.3, -0.25) is 10.1 Å². The van der Waals surface area contributed by atoms with E-state index in [4.69, 9.17) is 0 Å². The Morgan fingerprint density at radius 2 is 2.00 bits per heavy atom. The van der Waals surface area contributed by atoms with Crippen molar-refractivity contribution in [3.05, 3.63) is 69.3 Å². The van der Waals surface area contributed by atoms with Gasteiger partial charge in [0.2, 0.25) is 0 Å². The molecule has 0 saturated heterocycles. The first-order valence-corrected chi connectivity index (χ1v) is 7.73. The van der Waals surface area contributed by atoms with Gasteiger partial charge in [-0.05, 0) is 24.6 Å². The van der Waals surface area contributed by atoms with Crippen molar-refractivity contribution < 1.29 is 4.92 Å². The van der Waals surface area contributed by atoms with Crippen molar-refractivity contribution >= 4 is 27.3 Å². The molecule has 2 aromatic rings. The van der Waals surface area contributed by atoms with E-state index in [1.807, 2.05) is 19.2 Å². The van der Waals surface area contributed by atoms with Crippen LogP contribution in [-0.4, -0.2) is 12.0 Å². The molecule has 0 N–H and O–H groups in total. The number of anilines is 1. The first-order valence-electron chi connectivity index (χ1n) is 6.61. The third-order valence-corrected chi connectivity index (χ3v) is 3.95. The minimum Gasteiger partial charge on any atom is -0.370 e. The molecule has 0 aliphatic carbocycles. The normalized spacial score (nSPS) is 10.4. The van der Waals surface area contributed by atoms with Crippen LogP contribution in [0.3, 0.4) is 0 Å². The lowest BCUT2D eigenvalue weighted by Crippen LogP contribution is -2.16. The highest BCUT2D eigenvalue weighted by Gasteiger charge is 2.14. The van der Waals surface area contributed by atoms with Crippen LogP contribution in [0, 0.1) is 17.0 Å². The molecule has 0 unspecified atom stereocenters. The molecular weight excluding hydrogens is 332 g/mol. The second-order valence-electron chi connectivity index (χ2n) is 5.05. The molecule has 0 atom stereocenters. The van der Waals surface area contributed by atoms with Gasteiger partial charge in [-0.1, -0.05) is 45.8 Å². The zero-order valence-corrected chi connectivity index (χ0v) is 13.6. The summed E-state index contributed by atoms with van der Waals surface area (Å²) in [5.41, 5.74) is 4.26. The van der Waals surface area contributed by atoms with E-state index in [-0.39, 0.29) is 10.6 Å². The number of nitro benzene ring substituents is 1. The highest BCUT2D eigenvalue weighted by molar-refractivity contribution is 9.08. The van der Waals surface area contributed by atoms with E-state index in [2.05, 4.69) is 46.0 Å². The molecule has 0 amide bonds. The number of hydrogen-bond donors (Lipinski definition) is 0. The van der Waals surface area contributed by atoms with Crippen molar-refractivity contribution in [1.82, 2.24) is 0 Å². The summed E-state index contributed by atoms with van der Waals surface area (Å²) < 4.78 is 0. The molecule has 0 saturated carbocycles. The van der Waals surface area contributed by atoms with Gasteiger partial charge in [0.05, 0.1) is 4.92 Å². The molecule has 0 aliphatic heterocycles. The maximum absolute atomic E-state index is 11.0. The maximum Gasteiger partial charge on any atom is 0.273 e. The standard InChI is InChI=1S/C16H17BrN2O2/c1-12-4-3-5-13(8-12)11-18(2)15-6-7-16(19(20)21)14(9-15)10-17/h3-9H,10-11H2,1-2H3. The van der Waals surface area contributed by atoms with Crippen LogP contribution in [0.1, 0.15) is 16.7 Å². The summed E-state index contributed by atoms with van der Waals surface area (Å²) >= 11 is 3.31. The predicted octanol–water partition coefficient (Wildman–Crippen LogP) is 4.43. The second-order valence-corrected chi connectivity index (χ2v) is 5.61. The fourth-order valence-corrected chi connectivity index (χ4v) is 2.72. The van der Waals surface area contributed by atoms with Crippen LogP contribution in [0.2, 0.25) is 0 Å². The van der Waals surface area contributed by atoms with Crippen molar-refractivity contribution in [3.8, 4) is 0 Å². The summed E-state index contributed by atoms with van der Waals surface area (Å²) in [6, 6.07) is 13.6. The first-order chi connectivity index (χ1) is 10.0. The molecule has 0 aromatic heterocycles. The number of aryl methyl sites for hydroxylation is 1. The lowest BCUT2D eigenvalue weighted by molar-refractivity contribution is -0.385. The summed E-state index contributed by atoms with van der Waals surface area (Å²) in [7, 11) is 1.99. The fraction of sp³-hybridized carbons (Fsp3) is 0.250. The van der Waals surface area contributed by atoms with Gasteiger partial charge in [0.1, 0.15) is 0 Å². The van der Waals surface area contributed by atoms with Gasteiger partial charge in [-0.2, -0.15) is 0 Å². The summed E-state index contributed by atoms with van der Waals surface area (Å²) in [6.07, 6.45) is 0. The topological polar surface area (TPSA) is 46.4 Å². The smallest absolute Gasteiger partial charge is 0.273 e. The number of benzene rings is 2. The molecule has 0 fully saturated rings. The fourth-order valence-electron chi connectivity index (χ4n) is 2.27. The van der Waals surface area contributed by atoms with Crippen molar-refractivity contribution in [1.29, 1.82) is 0 Å². The van der Waals surface area contributed by atoms with E-state index in [0.717, 1.165) is 12.2 Å². The summed E-state index contributed by atoms with van der Waals surface area (Å²) in [6.45, 7) is 2.83. The SMILES string of the molecule is Cc1cccc(CN(C)c2ccc([N+](=O)[O-])c(CBr)c2)c1. The molecule has 0 bridgehead atoms. The van der Waals surface area contributed by atoms with E-state index in [0.29, 0.717) is 10.9 Å². The minimum atomic E-state index is -0.346. The van der Waals surface area contributed by atoms with Gasteiger partial charge in [0.25, 0.3) is 5.69 Å². The van der Waals surface area contributed by atoms with E-state index in [9.17, 15) is 10.1 Å². The Morgan fingerprint density at radius 1 is 1.24 bits per heavy atom. The van der Waals surface area contributed by atoms with Gasteiger partial charge >= 0.3 is 0 Å². The molecule has 0 aliphatic rings. The average Bonchev–Trinajstić information content (AvgIpc) is 2.46. The van der Waals surface area contributed by atoms with Crippen molar-refractivity contribution in [3.63, 3.8) is 0 Å². The Bertz CT molecular complexity index is 658. The number of halogens is 1. The quantitative estimate of drug-likeness (QED) is 0.456. The Morgan fingerprint density at radius 3 is 2.62 bits per heavy atom. The molecule has 0 heterocycles. The summed E-state index contributed by atoms with van der Waals surface area (Å²) in [4.78, 5) is 12.7. The molecule has 2 rings (SSSR count). The minimum absolute atomic E-state index is 0.152. The van der Waals surface area contributed by atoms with Crippen LogP contribution in [0.25, 0.3) is 0 Å². The van der Waals surface area contributed by atoms with Crippen LogP contribution in [0.15, 0.2) is 42.5 Å². The molecule has 5 heteroatoms. The van der Waals surface area contributed by atoms with Gasteiger partial charge in [-0.15, -0.1) is 0 Å². The van der Waals surface area contributed by atoms with E-state index in [1.54, 1.807) is 12.1 Å². The van der Waals surface area contributed by atoms with Crippen LogP contribution in [-0.2, 0) is 11.9 Å². The largest absolute Gasteiger partial charge is 0.370 e. The third-order valence-electron chi connectivity index (χ3n) is 3.35. The van der Waals surface area contributed by atoms with Gasteiger partial charge < -0.3 is 4.90 Å². The van der Waals surface area contributed by atoms with Crippen LogP contribution >= 0.6 is 15.9 Å². The van der Waals surface area contributed by atoms with E-state index >= 15 is 0 Å². The second kappa shape index (κ2) is 6.72. The van der Waals surface area contributed by atoms with Crippen molar-refractivity contribution in [2.24, 2.45) is 0 Å². The number of nitro groups is 1. The lowest BCUT2D eigenvalue weighted by atomic mass is 10.1. The van der Waals surface area contributed by atoms with Crippen LogP contribution in [0.5, 0.6) is 0 Å². The number of alkyl halides is 1. The molecule has 4 nitrogen and oxygen atoms in total. The maximum atomic E-state index is 11.0. The predicted molar refractivity (Wildman–Crippen MR) is 89.0 cm³/mol. The monoisotopic (exact) mass is 348 g/mol. The van der Waals surface area contributed by atoms with Gasteiger partial charge in [0, 0.05) is 36.2 Å². The van der Waals surface area contributed by atoms with Crippen molar-refractivity contribution in [2.75, 3.05) is 11.9 Å². The number of rotatable bonds is 5. The Balaban J connectivity index is 2.23. The van der Waals surface area contributed by atoms with E-state index < -0.39 is 0 Å². The Kier molecular flexibility index (Phi) is 4.96. The van der Waals surface area contributed by atoms with Gasteiger partial charge in [-0.25, -0.2) is 0 Å². The number of nitrogens with zero attached hydrogens (tertiary/aromatic N) is 2. The highest BCUT2D eigenvalue weighted by Crippen LogP contribution is 2.27. The molecule has 110 valence electrons. The first kappa shape index (κ1) is 15.5. The molecular formula is C16H17BrN2O2. The summed E-state index contributed by atoms with van der Waals surface area (Å²) in [5.74, 6) is 0. The highest BCUT2D eigenvalue weighted by atomic mass is 79.9. The molecule has 2 aromatic carbocycles.